The molecule has 1 atom stereocenters. The molecule has 0 spiro atoms. The molecule has 1 unspecified atom stereocenters. The van der Waals surface area contributed by atoms with Gasteiger partial charge in [-0.25, -0.2) is 0 Å². The van der Waals surface area contributed by atoms with Crippen molar-refractivity contribution in [1.82, 2.24) is 9.78 Å². The number of aromatic nitrogens is 2. The van der Waals surface area contributed by atoms with Gasteiger partial charge in [0.2, 0.25) is 0 Å². The third-order valence-electron chi connectivity index (χ3n) is 3.50. The summed E-state index contributed by atoms with van der Waals surface area (Å²) < 4.78 is 7.44. The largest absolute Gasteiger partial charge is 0.367 e. The highest BCUT2D eigenvalue weighted by Crippen LogP contribution is 2.26. The molecule has 0 amide bonds. The third-order valence-corrected chi connectivity index (χ3v) is 3.50. The van der Waals surface area contributed by atoms with E-state index in [0.29, 0.717) is 13.0 Å². The van der Waals surface area contributed by atoms with Crippen molar-refractivity contribution in [3.05, 3.63) is 17.5 Å². The maximum atomic E-state index is 12.3. The van der Waals surface area contributed by atoms with Crippen molar-refractivity contribution in [2.75, 3.05) is 6.61 Å². The summed E-state index contributed by atoms with van der Waals surface area (Å²) in [4.78, 5) is 12.3. The van der Waals surface area contributed by atoms with Crippen LogP contribution in [-0.4, -0.2) is 27.8 Å². The van der Waals surface area contributed by atoms with E-state index in [0.717, 1.165) is 30.7 Å². The Labute approximate surface area is 102 Å². The van der Waals surface area contributed by atoms with Crippen LogP contribution in [0.5, 0.6) is 0 Å². The molecule has 4 nitrogen and oxygen atoms in total. The number of ketones is 1. The van der Waals surface area contributed by atoms with E-state index in [9.17, 15) is 4.79 Å². The number of ether oxygens (including phenoxy) is 1. The van der Waals surface area contributed by atoms with Crippen LogP contribution in [0.2, 0.25) is 0 Å². The van der Waals surface area contributed by atoms with Gasteiger partial charge >= 0.3 is 0 Å². The summed E-state index contributed by atoms with van der Waals surface area (Å²) >= 11 is 0. The Morgan fingerprint density at radius 2 is 2.35 bits per heavy atom. The molecule has 1 fully saturated rings. The van der Waals surface area contributed by atoms with Gasteiger partial charge in [-0.2, -0.15) is 5.10 Å². The van der Waals surface area contributed by atoms with Gasteiger partial charge in [0.1, 0.15) is 5.60 Å². The molecule has 0 aliphatic carbocycles. The van der Waals surface area contributed by atoms with E-state index >= 15 is 0 Å². The molecular formula is C13H20N2O2. The van der Waals surface area contributed by atoms with E-state index in [4.69, 9.17) is 4.74 Å². The number of hydrogen-bond donors (Lipinski definition) is 0. The van der Waals surface area contributed by atoms with Crippen LogP contribution in [0.25, 0.3) is 0 Å². The highest BCUT2D eigenvalue weighted by molar-refractivity contribution is 5.88. The van der Waals surface area contributed by atoms with E-state index in [1.807, 2.05) is 27.0 Å². The molecule has 1 aliphatic heterocycles. The minimum atomic E-state index is -0.587. The SMILES string of the molecule is Cc1cc(CC(=O)C2(C)CCCCO2)n(C)n1. The second kappa shape index (κ2) is 4.61. The molecule has 0 saturated carbocycles. The van der Waals surface area contributed by atoms with Gasteiger partial charge in [0.15, 0.2) is 5.78 Å². The van der Waals surface area contributed by atoms with Crippen molar-refractivity contribution in [2.45, 2.75) is 45.1 Å². The molecule has 0 aromatic carbocycles. The Morgan fingerprint density at radius 3 is 2.88 bits per heavy atom. The Balaban J connectivity index is 2.08. The van der Waals surface area contributed by atoms with Gasteiger partial charge in [-0.1, -0.05) is 0 Å². The van der Waals surface area contributed by atoms with Crippen molar-refractivity contribution in [3.63, 3.8) is 0 Å². The average molecular weight is 236 g/mol. The number of nitrogens with zero attached hydrogens (tertiary/aromatic N) is 2. The summed E-state index contributed by atoms with van der Waals surface area (Å²) in [5.74, 6) is 0.167. The van der Waals surface area contributed by atoms with Crippen molar-refractivity contribution >= 4 is 5.78 Å². The molecule has 2 heterocycles. The fraction of sp³-hybridized carbons (Fsp3) is 0.692. The molecule has 17 heavy (non-hydrogen) atoms. The predicted octanol–water partition coefficient (Wildman–Crippen LogP) is 1.80. The first-order valence-electron chi connectivity index (χ1n) is 6.18. The predicted molar refractivity (Wildman–Crippen MR) is 64.9 cm³/mol. The summed E-state index contributed by atoms with van der Waals surface area (Å²) in [6.07, 6.45) is 3.39. The second-order valence-corrected chi connectivity index (χ2v) is 5.04. The highest BCUT2D eigenvalue weighted by Gasteiger charge is 2.35. The number of aryl methyl sites for hydroxylation is 2. The van der Waals surface area contributed by atoms with Gasteiger partial charge in [0.05, 0.1) is 12.1 Å². The number of hydrogen-bond acceptors (Lipinski definition) is 3. The molecule has 0 radical (unpaired) electrons. The summed E-state index contributed by atoms with van der Waals surface area (Å²) in [7, 11) is 1.87. The van der Waals surface area contributed by atoms with Gasteiger partial charge in [0, 0.05) is 19.3 Å². The molecule has 1 aliphatic rings. The van der Waals surface area contributed by atoms with Crippen molar-refractivity contribution in [3.8, 4) is 0 Å². The molecule has 2 rings (SSSR count). The second-order valence-electron chi connectivity index (χ2n) is 5.04. The third kappa shape index (κ3) is 2.57. The lowest BCUT2D eigenvalue weighted by Gasteiger charge is -2.32. The smallest absolute Gasteiger partial charge is 0.170 e. The molecule has 1 aromatic rings. The molecule has 1 saturated heterocycles. The number of rotatable bonds is 3. The van der Waals surface area contributed by atoms with Gasteiger partial charge in [-0.05, 0) is 39.2 Å². The molecule has 94 valence electrons. The van der Waals surface area contributed by atoms with Crippen molar-refractivity contribution < 1.29 is 9.53 Å². The Morgan fingerprint density at radius 1 is 1.59 bits per heavy atom. The summed E-state index contributed by atoms with van der Waals surface area (Å²) in [5.41, 5.74) is 1.32. The summed E-state index contributed by atoms with van der Waals surface area (Å²) in [6, 6.07) is 1.96. The number of carbonyl (C=O) groups is 1. The van der Waals surface area contributed by atoms with Gasteiger partial charge < -0.3 is 4.74 Å². The van der Waals surface area contributed by atoms with Crippen LogP contribution in [0.4, 0.5) is 0 Å². The first-order chi connectivity index (χ1) is 8.01. The normalized spacial score (nSPS) is 24.9. The first kappa shape index (κ1) is 12.3. The number of Topliss-reactive ketones (excluding diaryl/α,β-unsaturated/α-hetero) is 1. The molecule has 0 bridgehead atoms. The summed E-state index contributed by atoms with van der Waals surface area (Å²) in [6.45, 7) is 4.55. The van der Waals surface area contributed by atoms with E-state index in [1.54, 1.807) is 4.68 Å². The number of carbonyl (C=O) groups excluding carboxylic acids is 1. The topological polar surface area (TPSA) is 44.1 Å². The van der Waals surface area contributed by atoms with E-state index in [-0.39, 0.29) is 5.78 Å². The van der Waals surface area contributed by atoms with Crippen LogP contribution < -0.4 is 0 Å². The van der Waals surface area contributed by atoms with Crippen LogP contribution in [0.15, 0.2) is 6.07 Å². The molecule has 1 aromatic heterocycles. The molecule has 4 heteroatoms. The fourth-order valence-electron chi connectivity index (χ4n) is 2.34. The van der Waals surface area contributed by atoms with Gasteiger partial charge in [0.25, 0.3) is 0 Å². The molecular weight excluding hydrogens is 216 g/mol. The minimum absolute atomic E-state index is 0.167. The van der Waals surface area contributed by atoms with Crippen LogP contribution >= 0.6 is 0 Å². The first-order valence-corrected chi connectivity index (χ1v) is 6.18. The standard InChI is InChI=1S/C13H20N2O2/c1-10-8-11(15(3)14-10)9-12(16)13(2)6-4-5-7-17-13/h8H,4-7,9H2,1-3H3. The quantitative estimate of drug-likeness (QED) is 0.803. The monoisotopic (exact) mass is 236 g/mol. The van der Waals surface area contributed by atoms with Crippen LogP contribution in [-0.2, 0) is 23.0 Å². The van der Waals surface area contributed by atoms with Crippen LogP contribution in [0.3, 0.4) is 0 Å². The Kier molecular flexibility index (Phi) is 3.33. The van der Waals surface area contributed by atoms with Gasteiger partial charge in [-0.3, -0.25) is 9.48 Å². The molecule has 0 N–H and O–H groups in total. The zero-order chi connectivity index (χ0) is 12.5. The van der Waals surface area contributed by atoms with Crippen molar-refractivity contribution in [1.29, 1.82) is 0 Å². The maximum Gasteiger partial charge on any atom is 0.170 e. The minimum Gasteiger partial charge on any atom is -0.367 e. The van der Waals surface area contributed by atoms with Crippen LogP contribution in [0.1, 0.15) is 37.6 Å². The Bertz CT molecular complexity index is 417. The zero-order valence-electron chi connectivity index (χ0n) is 10.8. The van der Waals surface area contributed by atoms with Crippen LogP contribution in [0, 0.1) is 6.92 Å². The van der Waals surface area contributed by atoms with Gasteiger partial charge in [-0.15, -0.1) is 0 Å². The van der Waals surface area contributed by atoms with E-state index in [2.05, 4.69) is 5.10 Å². The lowest BCUT2D eigenvalue weighted by molar-refractivity contribution is -0.147. The Hall–Kier alpha value is -1.16. The zero-order valence-corrected chi connectivity index (χ0v) is 10.8. The lowest BCUT2D eigenvalue weighted by atomic mass is 9.89. The maximum absolute atomic E-state index is 12.3. The average Bonchev–Trinajstić information content (AvgIpc) is 2.58. The van der Waals surface area contributed by atoms with E-state index in [1.165, 1.54) is 0 Å². The van der Waals surface area contributed by atoms with E-state index < -0.39 is 5.60 Å². The fourth-order valence-corrected chi connectivity index (χ4v) is 2.34. The van der Waals surface area contributed by atoms with Crippen molar-refractivity contribution in [2.24, 2.45) is 7.05 Å². The highest BCUT2D eigenvalue weighted by atomic mass is 16.5. The summed E-state index contributed by atoms with van der Waals surface area (Å²) in [5, 5.41) is 4.26. The lowest BCUT2D eigenvalue weighted by Crippen LogP contribution is -2.42.